The van der Waals surface area contributed by atoms with Gasteiger partial charge in [-0.3, -0.25) is 13.9 Å². The third-order valence-electron chi connectivity index (χ3n) is 10.5. The number of carboxylic acids is 1. The molecular formula is C48H30Cl2N10O9S3. The van der Waals surface area contributed by atoms with Crippen molar-refractivity contribution in [3.63, 3.8) is 0 Å². The Morgan fingerprint density at radius 1 is 0.667 bits per heavy atom. The molecule has 0 spiro atoms. The second kappa shape index (κ2) is 20.5. The van der Waals surface area contributed by atoms with Crippen LogP contribution in [0.25, 0.3) is 21.9 Å². The fourth-order valence-electron chi connectivity index (χ4n) is 7.14. The fourth-order valence-corrected chi connectivity index (χ4v) is 9.89. The summed E-state index contributed by atoms with van der Waals surface area (Å²) in [7, 11) is -9.37. The van der Waals surface area contributed by atoms with Crippen LogP contribution >= 0.6 is 34.5 Å². The summed E-state index contributed by atoms with van der Waals surface area (Å²) in [5.41, 5.74) is 1.49. The van der Waals surface area contributed by atoms with Gasteiger partial charge in [-0.05, 0) is 103 Å². The smallest absolute Gasteiger partial charge is 0.336 e. The molecule has 358 valence electrons. The minimum atomic E-state index is -4.74. The van der Waals surface area contributed by atoms with Crippen molar-refractivity contribution >= 4 is 127 Å². The Labute approximate surface area is 422 Å². The molecule has 72 heavy (non-hydrogen) atoms. The number of amides is 1. The Balaban J connectivity index is 1.24. The second-order valence-electron chi connectivity index (χ2n) is 15.1. The van der Waals surface area contributed by atoms with E-state index in [1.165, 1.54) is 66.7 Å². The van der Waals surface area contributed by atoms with Crippen LogP contribution in [0.2, 0.25) is 10.0 Å². The molecule has 0 radical (unpaired) electrons. The summed E-state index contributed by atoms with van der Waals surface area (Å²) in [6.07, 6.45) is 0. The van der Waals surface area contributed by atoms with Crippen LogP contribution in [0.5, 0.6) is 0 Å². The summed E-state index contributed by atoms with van der Waals surface area (Å²) in [6.45, 7) is 1.56. The van der Waals surface area contributed by atoms with Crippen LogP contribution in [0.3, 0.4) is 0 Å². The molecule has 0 atom stereocenters. The zero-order chi connectivity index (χ0) is 51.5. The van der Waals surface area contributed by atoms with Crippen molar-refractivity contribution in [3.05, 3.63) is 165 Å². The van der Waals surface area contributed by atoms with Crippen molar-refractivity contribution in [2.45, 2.75) is 16.7 Å². The van der Waals surface area contributed by atoms with Gasteiger partial charge in [0.05, 0.1) is 27.4 Å². The number of rotatable bonds is 14. The van der Waals surface area contributed by atoms with E-state index >= 15 is 0 Å². The molecule has 0 saturated carbocycles. The molecule has 6 aromatic carbocycles. The van der Waals surface area contributed by atoms with Crippen LogP contribution in [-0.2, 0) is 20.2 Å². The monoisotopic (exact) mass is 1060 g/mol. The van der Waals surface area contributed by atoms with E-state index in [4.69, 9.17) is 23.2 Å². The van der Waals surface area contributed by atoms with E-state index in [1.807, 2.05) is 0 Å². The van der Waals surface area contributed by atoms with Crippen LogP contribution in [0, 0.1) is 29.6 Å². The number of fused-ring (bicyclic) bond motifs is 1. The topological polar surface area (TPSA) is 309 Å². The molecule has 0 fully saturated rings. The molecule has 6 N–H and O–H groups in total. The highest BCUT2D eigenvalue weighted by Gasteiger charge is 2.24. The van der Waals surface area contributed by atoms with Crippen molar-refractivity contribution in [2.24, 2.45) is 20.5 Å². The zero-order valence-electron chi connectivity index (χ0n) is 36.5. The van der Waals surface area contributed by atoms with Gasteiger partial charge < -0.3 is 21.1 Å². The zero-order valence-corrected chi connectivity index (χ0v) is 40.5. The Hall–Kier alpha value is -8.45. The minimum absolute atomic E-state index is 0.00716. The Morgan fingerprint density at radius 2 is 1.31 bits per heavy atom. The molecule has 2 heterocycles. The third kappa shape index (κ3) is 10.8. The van der Waals surface area contributed by atoms with E-state index in [2.05, 4.69) is 53.5 Å². The molecule has 8 rings (SSSR count). The fraction of sp³-hybridized carbons (Fsp3) is 0.0208. The summed E-state index contributed by atoms with van der Waals surface area (Å²) in [6, 6.07) is 35.3. The number of aromatic nitrogens is 1. The quantitative estimate of drug-likeness (QED) is 0.0436. The van der Waals surface area contributed by atoms with Gasteiger partial charge >= 0.3 is 5.97 Å². The highest BCUT2D eigenvalue weighted by molar-refractivity contribution is 7.86. The van der Waals surface area contributed by atoms with Gasteiger partial charge in [0.2, 0.25) is 0 Å². The van der Waals surface area contributed by atoms with E-state index in [1.54, 1.807) is 61.5 Å². The van der Waals surface area contributed by atoms with E-state index in [0.29, 0.717) is 21.7 Å². The predicted octanol–water partition coefficient (Wildman–Crippen LogP) is 13.1. The molecule has 19 nitrogen and oxygen atoms in total. The SMILES string of the molecule is Cc1c(C#N)c(Nc2ccc(Cl)c(S(=O)(=O)O)c2)nc(Nc2ccc(Cl)cc2)c1N=Nc1sc(N=Nc2ccc3cccc(S(=O)(=O)O)c3c2)c(-c2ccc(NC(=O)c3ccccc3C(=O)O)cc2)c1C#N. The molecular weight excluding hydrogens is 1030 g/mol. The maximum absolute atomic E-state index is 13.2. The lowest BCUT2D eigenvalue weighted by atomic mass is 10.0. The van der Waals surface area contributed by atoms with E-state index in [0.717, 1.165) is 17.4 Å². The lowest BCUT2D eigenvalue weighted by molar-refractivity contribution is 0.0692. The standard InChI is InChI=1S/C48H30Cl2N10O9S3/c1-25-36(23-51)43(54-31-19-20-38(50)40(22-31)72(67,68)69)56-44(53-29-17-12-28(49)13-18-29)42(25)58-59-46-37(24-52)41(27-10-14-30(15-11-27)55-45(61)33-6-2-3-7-34(33)48(62)63)47(70-46)60-57-32-16-9-26-5-4-8-39(35(26)21-32)71(64,65)66/h2-22H,1H3,(H,55,61)(H,62,63)(H2,53,54,56)(H,64,65,66)(H,67,68,69). The molecule has 1 amide bonds. The number of thiophene rings is 1. The molecule has 8 aromatic rings. The van der Waals surface area contributed by atoms with E-state index in [-0.39, 0.29) is 93.1 Å². The lowest BCUT2D eigenvalue weighted by Crippen LogP contribution is -2.16. The third-order valence-corrected chi connectivity index (χ3v) is 14.0. The summed E-state index contributed by atoms with van der Waals surface area (Å²) in [4.78, 5) is 28.7. The maximum atomic E-state index is 13.2. The van der Waals surface area contributed by atoms with Gasteiger partial charge in [-0.1, -0.05) is 77.0 Å². The van der Waals surface area contributed by atoms with Gasteiger partial charge in [-0.25, -0.2) is 9.78 Å². The molecule has 0 saturated heterocycles. The summed E-state index contributed by atoms with van der Waals surface area (Å²) < 4.78 is 68.3. The van der Waals surface area contributed by atoms with Crippen LogP contribution in [0.15, 0.2) is 158 Å². The number of hydrogen-bond acceptors (Lipinski definition) is 16. The maximum Gasteiger partial charge on any atom is 0.336 e. The number of nitrogens with one attached hydrogen (secondary N) is 3. The number of nitrogens with zero attached hydrogens (tertiary/aromatic N) is 7. The summed E-state index contributed by atoms with van der Waals surface area (Å²) >= 11 is 13.1. The van der Waals surface area contributed by atoms with Crippen molar-refractivity contribution in [3.8, 4) is 23.3 Å². The number of benzene rings is 6. The average Bonchev–Trinajstić information content (AvgIpc) is 3.70. The molecule has 0 bridgehead atoms. The first-order valence-electron chi connectivity index (χ1n) is 20.5. The largest absolute Gasteiger partial charge is 0.478 e. The van der Waals surface area contributed by atoms with Crippen LogP contribution in [0.4, 0.5) is 50.1 Å². The van der Waals surface area contributed by atoms with E-state index in [9.17, 15) is 51.2 Å². The highest BCUT2D eigenvalue weighted by Crippen LogP contribution is 2.49. The number of pyridine rings is 1. The van der Waals surface area contributed by atoms with Gasteiger partial charge in [0.15, 0.2) is 16.6 Å². The van der Waals surface area contributed by atoms with Crippen molar-refractivity contribution in [1.29, 1.82) is 10.5 Å². The minimum Gasteiger partial charge on any atom is -0.478 e. The number of azo groups is 2. The van der Waals surface area contributed by atoms with Crippen LogP contribution in [0.1, 0.15) is 37.4 Å². The number of halogens is 2. The van der Waals surface area contributed by atoms with Gasteiger partial charge in [0, 0.05) is 38.6 Å². The van der Waals surface area contributed by atoms with Gasteiger partial charge in [0.25, 0.3) is 26.1 Å². The lowest BCUT2D eigenvalue weighted by Gasteiger charge is -2.16. The Bertz CT molecular complexity index is 3910. The number of hydrogen-bond donors (Lipinski definition) is 6. The first kappa shape index (κ1) is 50.0. The van der Waals surface area contributed by atoms with Gasteiger partial charge in [0.1, 0.15) is 38.2 Å². The second-order valence-corrected chi connectivity index (χ2v) is 19.7. The number of carbonyl (C=O) groups excluding carboxylic acids is 1. The summed E-state index contributed by atoms with van der Waals surface area (Å²) in [5.74, 6) is -2.00. The normalized spacial score (nSPS) is 11.7. The average molecular weight is 1060 g/mol. The Morgan fingerprint density at radius 3 is 1.97 bits per heavy atom. The first-order chi connectivity index (χ1) is 34.3. The predicted molar refractivity (Wildman–Crippen MR) is 271 cm³/mol. The number of nitriles is 2. The number of anilines is 5. The molecule has 0 unspecified atom stereocenters. The van der Waals surface area contributed by atoms with Crippen molar-refractivity contribution < 1.29 is 40.6 Å². The highest BCUT2D eigenvalue weighted by atomic mass is 35.5. The molecule has 0 aliphatic carbocycles. The van der Waals surface area contributed by atoms with Crippen LogP contribution < -0.4 is 16.0 Å². The van der Waals surface area contributed by atoms with Crippen molar-refractivity contribution in [1.82, 2.24) is 4.98 Å². The molecule has 24 heteroatoms. The first-order valence-corrected chi connectivity index (χ1v) is 24.9. The van der Waals surface area contributed by atoms with E-state index < -0.39 is 37.0 Å². The molecule has 2 aromatic heterocycles. The molecule has 0 aliphatic heterocycles. The number of aromatic carboxylic acids is 1. The van der Waals surface area contributed by atoms with Crippen molar-refractivity contribution in [2.75, 3.05) is 16.0 Å². The molecule has 0 aliphatic rings. The van der Waals surface area contributed by atoms with Gasteiger partial charge in [-0.15, -0.1) is 20.5 Å². The Kier molecular flexibility index (Phi) is 14.2. The summed E-state index contributed by atoms with van der Waals surface area (Å²) in [5, 5.41) is 58.4. The van der Waals surface area contributed by atoms with Gasteiger partial charge in [-0.2, -0.15) is 27.4 Å². The number of carbonyl (C=O) groups is 2. The number of carboxylic acid groups (broad SMARTS) is 1. The van der Waals surface area contributed by atoms with Crippen LogP contribution in [-0.4, -0.2) is 47.9 Å².